The molecule has 2 aromatic carbocycles. The quantitative estimate of drug-likeness (QED) is 0.789. The van der Waals surface area contributed by atoms with Gasteiger partial charge in [-0.1, -0.05) is 12.1 Å². The number of methoxy groups -OCH3 is 1. The number of nitrogens with zero attached hydrogens (tertiary/aromatic N) is 2. The minimum Gasteiger partial charge on any atom is -0.497 e. The molecular weight excluding hydrogens is 328 g/mol. The zero-order valence-electron chi connectivity index (χ0n) is 13.3. The number of ether oxygens (including phenoxy) is 1. The van der Waals surface area contributed by atoms with Gasteiger partial charge < -0.3 is 4.74 Å². The van der Waals surface area contributed by atoms with Crippen LogP contribution in [0.25, 0.3) is 6.08 Å². The molecule has 1 aliphatic rings. The standard InChI is InChI=1S/C17H16N2O4S/c1-19(11-12-3-5-14(23-2)6-4-12)24(21,22)15-7-8-16-13(9-15)10-17(20)18-16/h3-10H,11H2,1-2H3. The van der Waals surface area contributed by atoms with Crippen LogP contribution < -0.4 is 15.3 Å². The van der Waals surface area contributed by atoms with Crippen molar-refractivity contribution in [3.8, 4) is 5.75 Å². The first-order valence-electron chi connectivity index (χ1n) is 7.24. The van der Waals surface area contributed by atoms with E-state index in [0.29, 0.717) is 16.3 Å². The van der Waals surface area contributed by atoms with Gasteiger partial charge in [-0.25, -0.2) is 13.4 Å². The van der Waals surface area contributed by atoms with Gasteiger partial charge in [-0.15, -0.1) is 0 Å². The summed E-state index contributed by atoms with van der Waals surface area (Å²) < 4.78 is 31.8. The van der Waals surface area contributed by atoms with Gasteiger partial charge in [-0.3, -0.25) is 4.79 Å². The summed E-state index contributed by atoms with van der Waals surface area (Å²) in [5.74, 6) is 0.345. The Morgan fingerprint density at radius 3 is 2.50 bits per heavy atom. The fourth-order valence-electron chi connectivity index (χ4n) is 2.45. The van der Waals surface area contributed by atoms with Crippen molar-refractivity contribution in [3.63, 3.8) is 0 Å². The third-order valence-electron chi connectivity index (χ3n) is 3.78. The van der Waals surface area contributed by atoms with E-state index in [1.807, 2.05) is 12.1 Å². The first-order chi connectivity index (χ1) is 11.4. The molecule has 0 N–H and O–H groups in total. The molecule has 0 bridgehead atoms. The van der Waals surface area contributed by atoms with Crippen molar-refractivity contribution in [3.05, 3.63) is 58.6 Å². The number of benzene rings is 2. The zero-order chi connectivity index (χ0) is 17.3. The van der Waals surface area contributed by atoms with E-state index in [-0.39, 0.29) is 17.3 Å². The maximum Gasteiger partial charge on any atom is 0.270 e. The maximum atomic E-state index is 12.7. The Hall–Kier alpha value is -2.51. The molecule has 6 nitrogen and oxygen atoms in total. The number of sulfonamides is 1. The minimum absolute atomic E-state index is 0.137. The van der Waals surface area contributed by atoms with Crippen molar-refractivity contribution >= 4 is 22.0 Å². The first-order valence-corrected chi connectivity index (χ1v) is 8.68. The lowest BCUT2D eigenvalue weighted by molar-refractivity contribution is -0.112. The van der Waals surface area contributed by atoms with Gasteiger partial charge in [0, 0.05) is 24.9 Å². The van der Waals surface area contributed by atoms with Gasteiger partial charge in [0.25, 0.3) is 5.91 Å². The molecule has 0 saturated heterocycles. The van der Waals surface area contributed by atoms with E-state index in [1.165, 1.54) is 29.6 Å². The van der Waals surface area contributed by atoms with Crippen molar-refractivity contribution in [2.45, 2.75) is 11.4 Å². The number of rotatable bonds is 5. The Balaban J connectivity index is 1.87. The van der Waals surface area contributed by atoms with Crippen molar-refractivity contribution in [1.29, 1.82) is 0 Å². The number of hydrogen-bond donors (Lipinski definition) is 0. The highest BCUT2D eigenvalue weighted by molar-refractivity contribution is 7.89. The van der Waals surface area contributed by atoms with Crippen LogP contribution in [0.4, 0.5) is 0 Å². The van der Waals surface area contributed by atoms with E-state index < -0.39 is 10.0 Å². The summed E-state index contributed by atoms with van der Waals surface area (Å²) in [5, 5.41) is 1.02. The molecule has 1 aliphatic heterocycles. The molecule has 0 saturated carbocycles. The van der Waals surface area contributed by atoms with Crippen LogP contribution in [0.15, 0.2) is 52.4 Å². The van der Waals surface area contributed by atoms with E-state index in [1.54, 1.807) is 25.3 Å². The molecule has 0 radical (unpaired) electrons. The SMILES string of the molecule is COc1ccc(CN(C)S(=O)(=O)c2ccc3c(c2)=CC(=O)N=3)cc1. The van der Waals surface area contributed by atoms with E-state index in [4.69, 9.17) is 4.74 Å². The van der Waals surface area contributed by atoms with Crippen molar-refractivity contribution in [2.24, 2.45) is 4.99 Å². The molecule has 24 heavy (non-hydrogen) atoms. The maximum absolute atomic E-state index is 12.7. The molecule has 1 amide bonds. The number of carbonyl (C=O) groups is 1. The Morgan fingerprint density at radius 1 is 1.12 bits per heavy atom. The van der Waals surface area contributed by atoms with Crippen LogP contribution in [-0.2, 0) is 21.4 Å². The molecular formula is C17H16N2O4S. The minimum atomic E-state index is -3.66. The number of hydrogen-bond acceptors (Lipinski definition) is 4. The Labute approximate surface area is 139 Å². The molecule has 1 heterocycles. The van der Waals surface area contributed by atoms with Crippen LogP contribution in [0.3, 0.4) is 0 Å². The van der Waals surface area contributed by atoms with Crippen LogP contribution >= 0.6 is 0 Å². The third-order valence-corrected chi connectivity index (χ3v) is 5.58. The van der Waals surface area contributed by atoms with Gasteiger partial charge in [0.05, 0.1) is 17.4 Å². The average Bonchev–Trinajstić information content (AvgIpc) is 2.94. The molecule has 0 aliphatic carbocycles. The molecule has 0 aromatic heterocycles. The van der Waals surface area contributed by atoms with E-state index in [2.05, 4.69) is 4.99 Å². The van der Waals surface area contributed by atoms with Gasteiger partial charge in [-0.05, 0) is 35.9 Å². The van der Waals surface area contributed by atoms with Gasteiger partial charge in [0.2, 0.25) is 10.0 Å². The van der Waals surface area contributed by atoms with Gasteiger partial charge in [0.15, 0.2) is 0 Å². The summed E-state index contributed by atoms with van der Waals surface area (Å²) in [6.45, 7) is 0.233. The van der Waals surface area contributed by atoms with Gasteiger partial charge in [-0.2, -0.15) is 4.31 Å². The lowest BCUT2D eigenvalue weighted by Crippen LogP contribution is -2.29. The van der Waals surface area contributed by atoms with Gasteiger partial charge >= 0.3 is 0 Å². The second kappa shape index (κ2) is 6.18. The van der Waals surface area contributed by atoms with Crippen molar-refractivity contribution in [1.82, 2.24) is 4.31 Å². The topological polar surface area (TPSA) is 76.0 Å². The average molecular weight is 344 g/mol. The number of amides is 1. The van der Waals surface area contributed by atoms with E-state index >= 15 is 0 Å². The highest BCUT2D eigenvalue weighted by atomic mass is 32.2. The molecule has 0 spiro atoms. The molecule has 2 aromatic rings. The lowest BCUT2D eigenvalue weighted by Gasteiger charge is -2.17. The highest BCUT2D eigenvalue weighted by Crippen LogP contribution is 2.17. The fourth-order valence-corrected chi connectivity index (χ4v) is 3.64. The number of carbonyl (C=O) groups excluding carboxylic acids is 1. The number of fused-ring (bicyclic) bond motifs is 1. The third kappa shape index (κ3) is 3.08. The largest absolute Gasteiger partial charge is 0.497 e. The van der Waals surface area contributed by atoms with Crippen LogP contribution in [0.2, 0.25) is 0 Å². The summed E-state index contributed by atoms with van der Waals surface area (Å²) >= 11 is 0. The summed E-state index contributed by atoms with van der Waals surface area (Å²) in [5.41, 5.74) is 0.847. The second-order valence-corrected chi connectivity index (χ2v) is 7.47. The fraction of sp³-hybridized carbons (Fsp3) is 0.176. The molecule has 7 heteroatoms. The molecule has 0 unspecified atom stereocenters. The Morgan fingerprint density at radius 2 is 1.83 bits per heavy atom. The highest BCUT2D eigenvalue weighted by Gasteiger charge is 2.21. The molecule has 3 rings (SSSR count). The van der Waals surface area contributed by atoms with Crippen LogP contribution in [-0.4, -0.2) is 32.8 Å². The first kappa shape index (κ1) is 16.4. The normalized spacial score (nSPS) is 13.4. The summed E-state index contributed by atoms with van der Waals surface area (Å²) in [4.78, 5) is 15.2. The predicted octanol–water partition coefficient (Wildman–Crippen LogP) is 0.456. The second-order valence-electron chi connectivity index (χ2n) is 5.42. The zero-order valence-corrected chi connectivity index (χ0v) is 14.1. The van der Waals surface area contributed by atoms with Crippen molar-refractivity contribution < 1.29 is 17.9 Å². The Kier molecular flexibility index (Phi) is 4.21. The van der Waals surface area contributed by atoms with Crippen molar-refractivity contribution in [2.75, 3.05) is 14.2 Å². The van der Waals surface area contributed by atoms with Crippen LogP contribution in [0.1, 0.15) is 5.56 Å². The van der Waals surface area contributed by atoms with Gasteiger partial charge in [0.1, 0.15) is 5.75 Å². The molecule has 124 valence electrons. The summed E-state index contributed by atoms with van der Waals surface area (Å²) in [6, 6.07) is 11.7. The smallest absolute Gasteiger partial charge is 0.270 e. The van der Waals surface area contributed by atoms with E-state index in [9.17, 15) is 13.2 Å². The monoisotopic (exact) mass is 344 g/mol. The van der Waals surface area contributed by atoms with E-state index in [0.717, 1.165) is 5.56 Å². The summed E-state index contributed by atoms with van der Waals surface area (Å²) in [7, 11) is -0.566. The Bertz CT molecular complexity index is 1010. The van der Waals surface area contributed by atoms with Crippen LogP contribution in [0.5, 0.6) is 5.75 Å². The molecule has 0 atom stereocenters. The van der Waals surface area contributed by atoms with Crippen LogP contribution in [0, 0.1) is 0 Å². The molecule has 0 fully saturated rings. The predicted molar refractivity (Wildman–Crippen MR) is 88.3 cm³/mol. The summed E-state index contributed by atoms with van der Waals surface area (Å²) in [6.07, 6.45) is 1.33. The lowest BCUT2D eigenvalue weighted by atomic mass is 10.2.